The highest BCUT2D eigenvalue weighted by Crippen LogP contribution is 2.22. The van der Waals surface area contributed by atoms with Gasteiger partial charge >= 0.3 is 0 Å². The molecular weight excluding hydrogens is 278 g/mol. The summed E-state index contributed by atoms with van der Waals surface area (Å²) in [5.74, 6) is 1.33. The molecule has 0 N–H and O–H groups in total. The first-order chi connectivity index (χ1) is 10.6. The second-order valence-electron chi connectivity index (χ2n) is 5.95. The zero-order valence-electron chi connectivity index (χ0n) is 13.1. The summed E-state index contributed by atoms with van der Waals surface area (Å²) in [6.07, 6.45) is 5.25. The van der Waals surface area contributed by atoms with Crippen molar-refractivity contribution in [3.8, 4) is 0 Å². The van der Waals surface area contributed by atoms with Gasteiger partial charge in [0.05, 0.1) is 6.33 Å². The van der Waals surface area contributed by atoms with Crippen molar-refractivity contribution in [2.45, 2.75) is 33.2 Å². The maximum atomic E-state index is 11.7. The maximum Gasteiger partial charge on any atom is 0.253 e. The molecule has 1 aliphatic rings. The van der Waals surface area contributed by atoms with Crippen molar-refractivity contribution in [1.82, 2.24) is 19.5 Å². The number of hydrogen-bond acceptors (Lipinski definition) is 5. The van der Waals surface area contributed by atoms with Crippen LogP contribution in [0.25, 0.3) is 0 Å². The third-order valence-electron chi connectivity index (χ3n) is 4.12. The third-order valence-corrected chi connectivity index (χ3v) is 4.12. The van der Waals surface area contributed by atoms with E-state index in [4.69, 9.17) is 0 Å². The number of hydrogen-bond donors (Lipinski definition) is 0. The van der Waals surface area contributed by atoms with E-state index in [1.165, 1.54) is 6.07 Å². The van der Waals surface area contributed by atoms with Gasteiger partial charge in [0.15, 0.2) is 0 Å². The molecule has 1 aliphatic heterocycles. The highest BCUT2D eigenvalue weighted by molar-refractivity contribution is 5.32. The molecule has 6 nitrogen and oxygen atoms in total. The fraction of sp³-hybridized carbons (Fsp3) is 0.500. The van der Waals surface area contributed by atoms with Gasteiger partial charge in [-0.25, -0.2) is 15.0 Å². The average Bonchev–Trinajstić information content (AvgIpc) is 2.49. The average molecular weight is 299 g/mol. The molecular formula is C16H21N5O. The summed E-state index contributed by atoms with van der Waals surface area (Å²) in [6.45, 7) is 6.61. The molecule has 0 atom stereocenters. The van der Waals surface area contributed by atoms with Crippen LogP contribution in [0.5, 0.6) is 0 Å². The third kappa shape index (κ3) is 3.32. The van der Waals surface area contributed by atoms with Gasteiger partial charge in [-0.2, -0.15) is 0 Å². The zero-order valence-corrected chi connectivity index (χ0v) is 13.1. The Bertz CT molecular complexity index is 683. The highest BCUT2D eigenvalue weighted by Gasteiger charge is 2.21. The SMILES string of the molecule is Cc1cc(C)nc(N2CCC(Cn3cnccc3=O)CC2)n1. The van der Waals surface area contributed by atoms with Gasteiger partial charge in [0.2, 0.25) is 5.95 Å². The Morgan fingerprint density at radius 2 is 1.86 bits per heavy atom. The van der Waals surface area contributed by atoms with Gasteiger partial charge in [-0.15, -0.1) is 0 Å². The van der Waals surface area contributed by atoms with Crippen molar-refractivity contribution in [3.05, 3.63) is 46.4 Å². The Hall–Kier alpha value is -2.24. The molecule has 116 valence electrons. The highest BCUT2D eigenvalue weighted by atomic mass is 16.1. The number of nitrogens with zero attached hydrogens (tertiary/aromatic N) is 5. The largest absolute Gasteiger partial charge is 0.341 e. The lowest BCUT2D eigenvalue weighted by atomic mass is 9.97. The molecule has 0 spiro atoms. The first-order valence-corrected chi connectivity index (χ1v) is 7.69. The number of anilines is 1. The van der Waals surface area contributed by atoms with E-state index in [1.807, 2.05) is 19.9 Å². The molecule has 3 heterocycles. The van der Waals surface area contributed by atoms with Gasteiger partial charge < -0.3 is 4.90 Å². The standard InChI is InChI=1S/C16H21N5O/c1-12-9-13(2)19-16(18-12)20-7-4-14(5-8-20)10-21-11-17-6-3-15(21)22/h3,6,9,11,14H,4-5,7-8,10H2,1-2H3. The molecule has 0 amide bonds. The predicted molar refractivity (Wildman–Crippen MR) is 84.9 cm³/mol. The zero-order chi connectivity index (χ0) is 15.5. The summed E-state index contributed by atoms with van der Waals surface area (Å²) in [4.78, 5) is 27.1. The van der Waals surface area contributed by atoms with Crippen LogP contribution in [-0.4, -0.2) is 32.6 Å². The number of aryl methyl sites for hydroxylation is 2. The fourth-order valence-corrected chi connectivity index (χ4v) is 2.96. The summed E-state index contributed by atoms with van der Waals surface area (Å²) in [6, 6.07) is 3.50. The van der Waals surface area contributed by atoms with Gasteiger partial charge in [0.25, 0.3) is 5.56 Å². The molecule has 2 aromatic rings. The summed E-state index contributed by atoms with van der Waals surface area (Å²) >= 11 is 0. The number of piperidine rings is 1. The molecule has 2 aromatic heterocycles. The number of rotatable bonds is 3. The van der Waals surface area contributed by atoms with E-state index >= 15 is 0 Å². The normalized spacial score (nSPS) is 16.0. The molecule has 1 fully saturated rings. The monoisotopic (exact) mass is 299 g/mol. The predicted octanol–water partition coefficient (Wildman–Crippen LogP) is 1.57. The van der Waals surface area contributed by atoms with E-state index in [1.54, 1.807) is 17.1 Å². The molecule has 3 rings (SSSR count). The molecule has 0 bridgehead atoms. The van der Waals surface area contributed by atoms with Crippen LogP contribution in [0.2, 0.25) is 0 Å². The van der Waals surface area contributed by atoms with Gasteiger partial charge in [0.1, 0.15) is 0 Å². The molecule has 0 radical (unpaired) electrons. The Morgan fingerprint density at radius 1 is 1.18 bits per heavy atom. The Labute approximate surface area is 129 Å². The van der Waals surface area contributed by atoms with Crippen molar-refractivity contribution in [3.63, 3.8) is 0 Å². The molecule has 0 aromatic carbocycles. The molecule has 0 saturated carbocycles. The lowest BCUT2D eigenvalue weighted by molar-refractivity contribution is 0.349. The Kier molecular flexibility index (Phi) is 4.18. The summed E-state index contributed by atoms with van der Waals surface area (Å²) in [7, 11) is 0. The Balaban J connectivity index is 1.63. The second-order valence-corrected chi connectivity index (χ2v) is 5.95. The van der Waals surface area contributed by atoms with Gasteiger partial charge in [-0.05, 0) is 38.7 Å². The van der Waals surface area contributed by atoms with Crippen LogP contribution in [-0.2, 0) is 6.54 Å². The van der Waals surface area contributed by atoms with Crippen LogP contribution in [0.15, 0.2) is 29.5 Å². The van der Waals surface area contributed by atoms with Crippen molar-refractivity contribution in [2.75, 3.05) is 18.0 Å². The Morgan fingerprint density at radius 3 is 2.50 bits per heavy atom. The minimum absolute atomic E-state index is 0.0232. The van der Waals surface area contributed by atoms with Crippen LogP contribution in [0.1, 0.15) is 24.2 Å². The summed E-state index contributed by atoms with van der Waals surface area (Å²) < 4.78 is 1.70. The first-order valence-electron chi connectivity index (χ1n) is 7.69. The first kappa shape index (κ1) is 14.7. The summed E-state index contributed by atoms with van der Waals surface area (Å²) in [5.41, 5.74) is 2.04. The van der Waals surface area contributed by atoms with Crippen molar-refractivity contribution in [1.29, 1.82) is 0 Å². The molecule has 0 aliphatic carbocycles. The maximum absolute atomic E-state index is 11.7. The smallest absolute Gasteiger partial charge is 0.253 e. The minimum Gasteiger partial charge on any atom is -0.341 e. The van der Waals surface area contributed by atoms with E-state index in [-0.39, 0.29) is 5.56 Å². The van der Waals surface area contributed by atoms with E-state index in [0.29, 0.717) is 5.92 Å². The second kappa shape index (κ2) is 6.25. The van der Waals surface area contributed by atoms with E-state index in [0.717, 1.165) is 49.8 Å². The topological polar surface area (TPSA) is 63.9 Å². The van der Waals surface area contributed by atoms with E-state index < -0.39 is 0 Å². The lowest BCUT2D eigenvalue weighted by Crippen LogP contribution is -2.37. The quantitative estimate of drug-likeness (QED) is 0.860. The van der Waals surface area contributed by atoms with Gasteiger partial charge in [-0.3, -0.25) is 9.36 Å². The lowest BCUT2D eigenvalue weighted by Gasteiger charge is -2.32. The van der Waals surface area contributed by atoms with Crippen molar-refractivity contribution >= 4 is 5.95 Å². The van der Waals surface area contributed by atoms with Crippen LogP contribution in [0.3, 0.4) is 0 Å². The van der Waals surface area contributed by atoms with Crippen LogP contribution in [0, 0.1) is 19.8 Å². The van der Waals surface area contributed by atoms with E-state index in [2.05, 4.69) is 19.9 Å². The van der Waals surface area contributed by atoms with Crippen molar-refractivity contribution in [2.24, 2.45) is 5.92 Å². The fourth-order valence-electron chi connectivity index (χ4n) is 2.96. The minimum atomic E-state index is 0.0232. The van der Waals surface area contributed by atoms with Crippen LogP contribution >= 0.6 is 0 Å². The van der Waals surface area contributed by atoms with Crippen LogP contribution < -0.4 is 10.5 Å². The summed E-state index contributed by atoms with van der Waals surface area (Å²) in [5, 5.41) is 0. The molecule has 22 heavy (non-hydrogen) atoms. The van der Waals surface area contributed by atoms with E-state index in [9.17, 15) is 4.79 Å². The van der Waals surface area contributed by atoms with Crippen molar-refractivity contribution < 1.29 is 0 Å². The molecule has 0 unspecified atom stereocenters. The molecule has 1 saturated heterocycles. The van der Waals surface area contributed by atoms with Crippen LogP contribution in [0.4, 0.5) is 5.95 Å². The molecule has 6 heteroatoms. The van der Waals surface area contributed by atoms with Gasteiger partial charge in [-0.1, -0.05) is 0 Å². The number of aromatic nitrogens is 4. The van der Waals surface area contributed by atoms with Gasteiger partial charge in [0, 0.05) is 43.3 Å².